The molecule has 5 rings (SSSR count). The third-order valence-electron chi connectivity index (χ3n) is 5.50. The summed E-state index contributed by atoms with van der Waals surface area (Å²) in [5.41, 5.74) is 1.92. The van der Waals surface area contributed by atoms with E-state index in [-0.39, 0.29) is 17.1 Å². The van der Waals surface area contributed by atoms with Crippen molar-refractivity contribution in [3.8, 4) is 17.1 Å². The minimum absolute atomic E-state index is 0.0182. The molecule has 0 aliphatic carbocycles. The fourth-order valence-corrected chi connectivity index (χ4v) is 5.97. The Morgan fingerprint density at radius 1 is 1.00 bits per heavy atom. The summed E-state index contributed by atoms with van der Waals surface area (Å²) in [6, 6.07) is 21.9. The Morgan fingerprint density at radius 2 is 1.68 bits per heavy atom. The number of thiazole rings is 1. The topological polar surface area (TPSA) is 66.1 Å². The average molecular weight is 550 g/mol. The van der Waals surface area contributed by atoms with Crippen molar-refractivity contribution in [3.05, 3.63) is 105 Å². The van der Waals surface area contributed by atoms with E-state index in [9.17, 15) is 14.0 Å². The molecule has 0 spiro atoms. The second-order valence-electron chi connectivity index (χ2n) is 7.87. The van der Waals surface area contributed by atoms with Crippen LogP contribution in [-0.4, -0.2) is 32.3 Å². The van der Waals surface area contributed by atoms with Gasteiger partial charge in [0.25, 0.3) is 5.56 Å². The molecule has 10 heteroatoms. The normalized spacial score (nSPS) is 11.1. The van der Waals surface area contributed by atoms with E-state index < -0.39 is 5.82 Å². The van der Waals surface area contributed by atoms with E-state index in [1.54, 1.807) is 4.57 Å². The van der Waals surface area contributed by atoms with Gasteiger partial charge in [0.2, 0.25) is 0 Å². The maximum Gasteiger partial charge on any atom is 0.278 e. The highest BCUT2D eigenvalue weighted by Gasteiger charge is 2.20. The number of ether oxygens (including phenoxy) is 1. The largest absolute Gasteiger partial charge is 0.494 e. The molecule has 3 aromatic carbocycles. The van der Waals surface area contributed by atoms with Crippen molar-refractivity contribution >= 4 is 51.4 Å². The number of carbonyl (C=O) groups is 1. The van der Waals surface area contributed by atoms with Crippen LogP contribution in [0.25, 0.3) is 21.7 Å². The molecular weight excluding hydrogens is 530 g/mol. The van der Waals surface area contributed by atoms with Crippen LogP contribution in [0.1, 0.15) is 17.3 Å². The first-order valence-electron chi connectivity index (χ1n) is 11.3. The van der Waals surface area contributed by atoms with Gasteiger partial charge in [-0.3, -0.25) is 18.7 Å². The number of aromatic nitrogens is 3. The lowest BCUT2D eigenvalue weighted by molar-refractivity contribution is 0.102. The third-order valence-corrected chi connectivity index (χ3v) is 7.79. The lowest BCUT2D eigenvalue weighted by Crippen LogP contribution is -2.22. The van der Waals surface area contributed by atoms with Crippen LogP contribution in [0, 0.1) is 9.77 Å². The zero-order valence-electron chi connectivity index (χ0n) is 19.6. The van der Waals surface area contributed by atoms with E-state index in [1.807, 2.05) is 61.5 Å². The minimum atomic E-state index is -0.412. The highest BCUT2D eigenvalue weighted by Crippen LogP contribution is 2.28. The van der Waals surface area contributed by atoms with Crippen LogP contribution in [0.4, 0.5) is 4.39 Å². The Morgan fingerprint density at radius 3 is 2.35 bits per heavy atom. The fourth-order valence-electron chi connectivity index (χ4n) is 3.77. The van der Waals surface area contributed by atoms with Crippen LogP contribution < -0.4 is 10.3 Å². The summed E-state index contributed by atoms with van der Waals surface area (Å²) < 4.78 is 23.0. The average Bonchev–Trinajstić information content (AvgIpc) is 3.25. The number of halogens is 1. The van der Waals surface area contributed by atoms with E-state index in [4.69, 9.17) is 21.9 Å². The standard InChI is InChI=1S/C27H20FN3O3S3/c1-2-34-21-14-12-20(13-15-21)30-24-23(37-27(30)35)25(33)31(19-6-4-3-5-7-19)26(29-24)36-16-22(32)17-8-10-18(28)11-9-17/h3-15H,2,16H2,1H3. The molecule has 2 aromatic heterocycles. The number of para-hydroxylation sites is 1. The molecule has 0 saturated heterocycles. The fraction of sp³-hybridized carbons (Fsp3) is 0.111. The molecule has 0 aliphatic rings. The van der Waals surface area contributed by atoms with E-state index >= 15 is 0 Å². The molecule has 37 heavy (non-hydrogen) atoms. The van der Waals surface area contributed by atoms with E-state index in [0.29, 0.717) is 37.3 Å². The summed E-state index contributed by atoms with van der Waals surface area (Å²) in [4.78, 5) is 31.4. The number of thioether (sulfide) groups is 1. The molecule has 2 heterocycles. The molecule has 0 radical (unpaired) electrons. The van der Waals surface area contributed by atoms with Crippen LogP contribution in [0.15, 0.2) is 88.8 Å². The van der Waals surface area contributed by atoms with Crippen LogP contribution in [0.3, 0.4) is 0 Å². The Balaban J connectivity index is 1.62. The third kappa shape index (κ3) is 5.13. The SMILES string of the molecule is CCOc1ccc(-n2c(=S)sc3c(=O)n(-c4ccccc4)c(SCC(=O)c4ccc(F)cc4)nc32)cc1. The summed E-state index contributed by atoms with van der Waals surface area (Å²) in [6.45, 7) is 2.47. The van der Waals surface area contributed by atoms with Crippen molar-refractivity contribution in [3.63, 3.8) is 0 Å². The molecule has 186 valence electrons. The first-order chi connectivity index (χ1) is 18.0. The highest BCUT2D eigenvalue weighted by molar-refractivity contribution is 7.99. The van der Waals surface area contributed by atoms with E-state index in [0.717, 1.165) is 23.2 Å². The number of carbonyl (C=O) groups excluding carboxylic acids is 1. The second kappa shape index (κ2) is 10.8. The number of hydrogen-bond donors (Lipinski definition) is 0. The molecule has 0 amide bonds. The number of benzene rings is 3. The van der Waals surface area contributed by atoms with Crippen LogP contribution in [0.5, 0.6) is 5.75 Å². The van der Waals surface area contributed by atoms with Crippen LogP contribution in [0.2, 0.25) is 0 Å². The van der Waals surface area contributed by atoms with Gasteiger partial charge in [-0.15, -0.1) is 0 Å². The van der Waals surface area contributed by atoms with Gasteiger partial charge in [0.1, 0.15) is 16.3 Å². The monoisotopic (exact) mass is 549 g/mol. The van der Waals surface area contributed by atoms with Crippen molar-refractivity contribution < 1.29 is 13.9 Å². The smallest absolute Gasteiger partial charge is 0.278 e. The van der Waals surface area contributed by atoms with Gasteiger partial charge >= 0.3 is 0 Å². The Bertz CT molecular complexity index is 1690. The minimum Gasteiger partial charge on any atom is -0.494 e. The van der Waals surface area contributed by atoms with Crippen molar-refractivity contribution in [1.82, 2.24) is 14.1 Å². The zero-order valence-corrected chi connectivity index (χ0v) is 22.0. The maximum absolute atomic E-state index is 13.8. The van der Waals surface area contributed by atoms with Gasteiger partial charge in [-0.1, -0.05) is 41.3 Å². The Kier molecular flexibility index (Phi) is 7.31. The summed E-state index contributed by atoms with van der Waals surface area (Å²) in [6.07, 6.45) is 0. The molecule has 5 aromatic rings. The Hall–Kier alpha value is -3.60. The number of fused-ring (bicyclic) bond motifs is 1. The molecule has 0 bridgehead atoms. The molecule has 0 unspecified atom stereocenters. The molecule has 6 nitrogen and oxygen atoms in total. The predicted octanol–water partition coefficient (Wildman–Crippen LogP) is 6.48. The number of hydrogen-bond acceptors (Lipinski definition) is 7. The van der Waals surface area contributed by atoms with Gasteiger partial charge < -0.3 is 4.74 Å². The van der Waals surface area contributed by atoms with Gasteiger partial charge in [0, 0.05) is 11.3 Å². The Labute approximate surface area is 225 Å². The van der Waals surface area contributed by atoms with Gasteiger partial charge in [0.15, 0.2) is 20.5 Å². The summed E-state index contributed by atoms with van der Waals surface area (Å²) in [5.74, 6) is 0.134. The second-order valence-corrected chi connectivity index (χ2v) is 10.5. The van der Waals surface area contributed by atoms with E-state index in [1.165, 1.54) is 40.2 Å². The van der Waals surface area contributed by atoms with Gasteiger partial charge in [-0.2, -0.15) is 0 Å². The maximum atomic E-state index is 13.8. The lowest BCUT2D eigenvalue weighted by Gasteiger charge is -2.13. The van der Waals surface area contributed by atoms with Crippen molar-refractivity contribution in [2.45, 2.75) is 12.1 Å². The number of nitrogens with zero attached hydrogens (tertiary/aromatic N) is 3. The molecule has 0 fully saturated rings. The number of ketones is 1. The number of Topliss-reactive ketones (excluding diaryl/α,β-unsaturated/α-hetero) is 1. The summed E-state index contributed by atoms with van der Waals surface area (Å²) >= 11 is 7.97. The van der Waals surface area contributed by atoms with Crippen LogP contribution in [-0.2, 0) is 0 Å². The van der Waals surface area contributed by atoms with Crippen molar-refractivity contribution in [1.29, 1.82) is 0 Å². The van der Waals surface area contributed by atoms with Gasteiger partial charge in [-0.25, -0.2) is 9.37 Å². The number of rotatable bonds is 8. The summed E-state index contributed by atoms with van der Waals surface area (Å²) in [5, 5.41) is 0.353. The molecule has 0 N–H and O–H groups in total. The van der Waals surface area contributed by atoms with Gasteiger partial charge in [0.05, 0.1) is 18.0 Å². The first-order valence-corrected chi connectivity index (χ1v) is 13.6. The summed E-state index contributed by atoms with van der Waals surface area (Å²) in [7, 11) is 0. The van der Waals surface area contributed by atoms with Crippen LogP contribution >= 0.6 is 35.3 Å². The molecule has 0 saturated carbocycles. The molecule has 0 aliphatic heterocycles. The van der Waals surface area contributed by atoms with Crippen molar-refractivity contribution in [2.24, 2.45) is 0 Å². The zero-order chi connectivity index (χ0) is 25.9. The first kappa shape index (κ1) is 25.1. The molecule has 0 atom stereocenters. The van der Waals surface area contributed by atoms with E-state index in [2.05, 4.69) is 0 Å². The lowest BCUT2D eigenvalue weighted by atomic mass is 10.1. The highest BCUT2D eigenvalue weighted by atomic mass is 32.2. The molecular formula is C27H20FN3O3S3. The van der Waals surface area contributed by atoms with Crippen molar-refractivity contribution in [2.75, 3.05) is 12.4 Å². The quantitative estimate of drug-likeness (QED) is 0.0955. The predicted molar refractivity (Wildman–Crippen MR) is 148 cm³/mol. The van der Waals surface area contributed by atoms with Gasteiger partial charge in [-0.05, 0) is 79.8 Å².